The largest absolute Gasteiger partial charge is 0.327 e. The maximum atomic E-state index is 12.1. The number of hydrogen-bond donors (Lipinski definition) is 1. The second kappa shape index (κ2) is 5.61. The third-order valence-corrected chi connectivity index (χ3v) is 4.24. The van der Waals surface area contributed by atoms with Crippen LogP contribution < -0.4 is 5.32 Å². The molecule has 1 aliphatic heterocycles. The zero-order valence-electron chi connectivity index (χ0n) is 12.1. The summed E-state index contributed by atoms with van der Waals surface area (Å²) in [7, 11) is 0. The molecule has 0 radical (unpaired) electrons. The van der Waals surface area contributed by atoms with Crippen LogP contribution in [0.5, 0.6) is 0 Å². The average molecular weight is 322 g/mol. The number of nitrogens with zero attached hydrogens (tertiary/aromatic N) is 2. The van der Waals surface area contributed by atoms with E-state index in [1.807, 2.05) is 6.92 Å². The van der Waals surface area contributed by atoms with Crippen molar-refractivity contribution in [3.63, 3.8) is 0 Å². The number of rotatable bonds is 4. The van der Waals surface area contributed by atoms with Gasteiger partial charge in [-0.15, -0.1) is 0 Å². The molecule has 1 aromatic carbocycles. The van der Waals surface area contributed by atoms with Gasteiger partial charge in [0.05, 0.1) is 0 Å². The maximum absolute atomic E-state index is 12.1. The van der Waals surface area contributed by atoms with Gasteiger partial charge in [0.25, 0.3) is 5.91 Å². The van der Waals surface area contributed by atoms with Crippen LogP contribution in [0.2, 0.25) is 5.02 Å². The third kappa shape index (κ3) is 2.92. The Bertz CT molecular complexity index is 657. The first-order valence-electron chi connectivity index (χ1n) is 7.12. The second-order valence-corrected chi connectivity index (χ2v) is 6.04. The Balaban J connectivity index is 1.62. The van der Waals surface area contributed by atoms with E-state index >= 15 is 0 Å². The fraction of sp³-hybridized carbons (Fsp3) is 0.400. The number of urea groups is 1. The summed E-state index contributed by atoms with van der Waals surface area (Å²) in [5.74, 6) is -0.742. The summed E-state index contributed by atoms with van der Waals surface area (Å²) < 4.78 is 0. The van der Waals surface area contributed by atoms with Crippen molar-refractivity contribution in [3.8, 4) is 0 Å². The molecule has 4 amide bonds. The third-order valence-electron chi connectivity index (χ3n) is 3.83. The van der Waals surface area contributed by atoms with Crippen molar-refractivity contribution in [2.75, 3.05) is 18.4 Å². The predicted molar refractivity (Wildman–Crippen MR) is 81.7 cm³/mol. The van der Waals surface area contributed by atoms with Crippen molar-refractivity contribution in [3.05, 3.63) is 28.8 Å². The molecular weight excluding hydrogens is 306 g/mol. The molecule has 0 spiro atoms. The van der Waals surface area contributed by atoms with Crippen molar-refractivity contribution in [1.82, 2.24) is 9.80 Å². The highest BCUT2D eigenvalue weighted by molar-refractivity contribution is 6.31. The molecule has 2 fully saturated rings. The number of halogens is 1. The molecule has 1 heterocycles. The fourth-order valence-electron chi connectivity index (χ4n) is 2.40. The molecule has 0 atom stereocenters. The minimum atomic E-state index is -0.417. The number of nitrogens with one attached hydrogen (secondary N) is 1. The first-order chi connectivity index (χ1) is 10.5. The van der Waals surface area contributed by atoms with Crippen molar-refractivity contribution >= 4 is 35.1 Å². The van der Waals surface area contributed by atoms with Crippen LogP contribution >= 0.6 is 11.6 Å². The normalized spacial score (nSPS) is 18.1. The van der Waals surface area contributed by atoms with Gasteiger partial charge in [-0.3, -0.25) is 14.5 Å². The number of imide groups is 1. The molecule has 0 aromatic heterocycles. The summed E-state index contributed by atoms with van der Waals surface area (Å²) in [6, 6.07) is 4.95. The number of aryl methyl sites for hydroxylation is 1. The van der Waals surface area contributed by atoms with Crippen LogP contribution in [0, 0.1) is 6.92 Å². The van der Waals surface area contributed by atoms with Gasteiger partial charge < -0.3 is 10.2 Å². The monoisotopic (exact) mass is 321 g/mol. The van der Waals surface area contributed by atoms with E-state index in [4.69, 9.17) is 11.6 Å². The number of carbonyl (C=O) groups excluding carboxylic acids is 3. The molecular formula is C15H16ClN3O3. The molecule has 1 saturated carbocycles. The lowest BCUT2D eigenvalue weighted by Gasteiger charge is -2.16. The van der Waals surface area contributed by atoms with Crippen molar-refractivity contribution < 1.29 is 14.4 Å². The van der Waals surface area contributed by atoms with Gasteiger partial charge >= 0.3 is 6.03 Å². The number of amides is 4. The van der Waals surface area contributed by atoms with Crippen LogP contribution in [-0.4, -0.2) is 46.8 Å². The zero-order chi connectivity index (χ0) is 15.9. The molecule has 1 saturated heterocycles. The molecule has 3 rings (SSSR count). The van der Waals surface area contributed by atoms with E-state index in [1.165, 1.54) is 0 Å². The van der Waals surface area contributed by atoms with Crippen LogP contribution in [0.1, 0.15) is 18.4 Å². The van der Waals surface area contributed by atoms with Gasteiger partial charge in [0.1, 0.15) is 13.1 Å². The summed E-state index contributed by atoms with van der Waals surface area (Å²) >= 11 is 6.00. The Labute approximate surface area is 133 Å². The molecule has 0 unspecified atom stereocenters. The molecule has 22 heavy (non-hydrogen) atoms. The summed E-state index contributed by atoms with van der Waals surface area (Å²) in [6.45, 7) is 1.67. The summed E-state index contributed by atoms with van der Waals surface area (Å²) in [4.78, 5) is 38.6. The number of carbonyl (C=O) groups is 3. The van der Waals surface area contributed by atoms with Crippen LogP contribution in [0.4, 0.5) is 10.5 Å². The highest BCUT2D eigenvalue weighted by atomic mass is 35.5. The van der Waals surface area contributed by atoms with Gasteiger partial charge in [-0.1, -0.05) is 17.7 Å². The lowest BCUT2D eigenvalue weighted by molar-refractivity contribution is -0.129. The van der Waals surface area contributed by atoms with Gasteiger partial charge in [-0.25, -0.2) is 4.79 Å². The van der Waals surface area contributed by atoms with Gasteiger partial charge in [-0.2, -0.15) is 0 Å². The van der Waals surface area contributed by atoms with Crippen molar-refractivity contribution in [1.29, 1.82) is 0 Å². The van der Waals surface area contributed by atoms with Crippen LogP contribution in [0.15, 0.2) is 18.2 Å². The van der Waals surface area contributed by atoms with Gasteiger partial charge in [0, 0.05) is 16.8 Å². The SMILES string of the molecule is Cc1ccc(NC(=O)CN2C(=O)CN(C3CC3)C2=O)cc1Cl. The molecule has 1 aliphatic carbocycles. The first kappa shape index (κ1) is 14.8. The minimum Gasteiger partial charge on any atom is -0.324 e. The van der Waals surface area contributed by atoms with E-state index in [9.17, 15) is 14.4 Å². The van der Waals surface area contributed by atoms with E-state index in [-0.39, 0.29) is 31.1 Å². The Hall–Kier alpha value is -2.08. The lowest BCUT2D eigenvalue weighted by atomic mass is 10.2. The van der Waals surface area contributed by atoms with Gasteiger partial charge in [0.2, 0.25) is 5.91 Å². The standard InChI is InChI=1S/C15H16ClN3O3/c1-9-2-3-10(6-12(9)16)17-13(20)7-19-14(21)8-18(15(19)22)11-4-5-11/h2-3,6,11H,4-5,7-8H2,1H3,(H,17,20). The quantitative estimate of drug-likeness (QED) is 0.862. The van der Waals surface area contributed by atoms with Crippen LogP contribution in [0.3, 0.4) is 0 Å². The van der Waals surface area contributed by atoms with Crippen molar-refractivity contribution in [2.45, 2.75) is 25.8 Å². The molecule has 2 aliphatic rings. The Morgan fingerprint density at radius 3 is 2.73 bits per heavy atom. The predicted octanol–water partition coefficient (Wildman–Crippen LogP) is 2.01. The van der Waals surface area contributed by atoms with E-state index in [1.54, 1.807) is 23.1 Å². The topological polar surface area (TPSA) is 69.7 Å². The second-order valence-electron chi connectivity index (χ2n) is 5.63. The van der Waals surface area contributed by atoms with E-state index in [0.29, 0.717) is 10.7 Å². The Morgan fingerprint density at radius 1 is 1.36 bits per heavy atom. The fourth-order valence-corrected chi connectivity index (χ4v) is 2.58. The Kier molecular flexibility index (Phi) is 3.78. The molecule has 1 aromatic rings. The average Bonchev–Trinajstić information content (AvgIpc) is 3.26. The highest BCUT2D eigenvalue weighted by Gasteiger charge is 2.44. The number of hydrogen-bond acceptors (Lipinski definition) is 3. The van der Waals surface area contributed by atoms with Gasteiger partial charge in [0.15, 0.2) is 0 Å². The summed E-state index contributed by atoms with van der Waals surface area (Å²) in [5.41, 5.74) is 1.45. The van der Waals surface area contributed by atoms with E-state index in [0.717, 1.165) is 23.3 Å². The molecule has 7 heteroatoms. The number of benzene rings is 1. The summed E-state index contributed by atoms with van der Waals surface area (Å²) in [6.07, 6.45) is 1.86. The maximum Gasteiger partial charge on any atom is 0.327 e. The molecule has 116 valence electrons. The van der Waals surface area contributed by atoms with E-state index < -0.39 is 5.91 Å². The summed E-state index contributed by atoms with van der Waals surface area (Å²) in [5, 5.41) is 3.20. The molecule has 0 bridgehead atoms. The van der Waals surface area contributed by atoms with E-state index in [2.05, 4.69) is 5.32 Å². The lowest BCUT2D eigenvalue weighted by Crippen LogP contribution is -2.39. The highest BCUT2D eigenvalue weighted by Crippen LogP contribution is 2.30. The van der Waals surface area contributed by atoms with Gasteiger partial charge in [-0.05, 0) is 37.5 Å². The number of anilines is 1. The first-order valence-corrected chi connectivity index (χ1v) is 7.50. The smallest absolute Gasteiger partial charge is 0.324 e. The molecule has 6 nitrogen and oxygen atoms in total. The molecule has 1 N–H and O–H groups in total. The van der Waals surface area contributed by atoms with Crippen LogP contribution in [0.25, 0.3) is 0 Å². The zero-order valence-corrected chi connectivity index (χ0v) is 12.9. The minimum absolute atomic E-state index is 0.0765. The Morgan fingerprint density at radius 2 is 2.09 bits per heavy atom. The van der Waals surface area contributed by atoms with Crippen LogP contribution in [-0.2, 0) is 9.59 Å². The van der Waals surface area contributed by atoms with Crippen molar-refractivity contribution in [2.24, 2.45) is 0 Å².